The Balaban J connectivity index is 1.78. The van der Waals surface area contributed by atoms with E-state index in [4.69, 9.17) is 0 Å². The van der Waals surface area contributed by atoms with E-state index in [0.29, 0.717) is 24.0 Å². The third-order valence-electron chi connectivity index (χ3n) is 4.86. The number of guanidine groups is 1. The first-order valence-electron chi connectivity index (χ1n) is 9.92. The zero-order valence-electron chi connectivity index (χ0n) is 17.1. The fourth-order valence-electron chi connectivity index (χ4n) is 2.82. The molecule has 2 aromatic carbocycles. The summed E-state index contributed by atoms with van der Waals surface area (Å²) in [4.78, 5) is 21.1. The Morgan fingerprint density at radius 2 is 1.70 bits per heavy atom. The van der Waals surface area contributed by atoms with Crippen molar-refractivity contribution < 1.29 is 9.18 Å². The minimum Gasteiger partial charge on any atom is -0.326 e. The fraction of sp³-hybridized carbons (Fsp3) is 0.208. The molecule has 0 bridgehead atoms. The number of nitrogens with one attached hydrogen (secondary N) is 2. The summed E-state index contributed by atoms with van der Waals surface area (Å²) in [5.74, 6) is 0.0411. The van der Waals surface area contributed by atoms with E-state index in [9.17, 15) is 9.18 Å². The summed E-state index contributed by atoms with van der Waals surface area (Å²) in [5.41, 5.74) is 3.39. The quantitative estimate of drug-likeness (QED) is 0.442. The SMILES string of the molecule is CC[C@H](C)c1ccc(NC(=NCc2ccncc2)NC(=O)c2ccc(F)cc2)cc1. The lowest BCUT2D eigenvalue weighted by Crippen LogP contribution is -2.36. The Morgan fingerprint density at radius 3 is 2.33 bits per heavy atom. The second kappa shape index (κ2) is 10.3. The molecule has 1 heterocycles. The van der Waals surface area contributed by atoms with Crippen molar-refractivity contribution in [2.75, 3.05) is 5.32 Å². The van der Waals surface area contributed by atoms with Crippen LogP contribution in [0.3, 0.4) is 0 Å². The first-order valence-corrected chi connectivity index (χ1v) is 9.92. The molecule has 1 amide bonds. The molecule has 0 aliphatic heterocycles. The van der Waals surface area contributed by atoms with Gasteiger partial charge in [0.1, 0.15) is 5.82 Å². The molecule has 0 saturated carbocycles. The summed E-state index contributed by atoms with van der Waals surface area (Å²) in [6, 6.07) is 17.2. The molecule has 0 aliphatic rings. The van der Waals surface area contributed by atoms with Gasteiger partial charge in [-0.3, -0.25) is 15.1 Å². The minimum absolute atomic E-state index is 0.317. The van der Waals surface area contributed by atoms with Gasteiger partial charge in [-0.15, -0.1) is 0 Å². The number of benzene rings is 2. The molecule has 1 atom stereocenters. The number of hydrogen-bond donors (Lipinski definition) is 2. The average molecular weight is 404 g/mol. The van der Waals surface area contributed by atoms with Crippen LogP contribution in [0, 0.1) is 5.82 Å². The number of anilines is 1. The van der Waals surface area contributed by atoms with Gasteiger partial charge in [-0.2, -0.15) is 0 Å². The fourth-order valence-corrected chi connectivity index (χ4v) is 2.82. The molecule has 0 aliphatic carbocycles. The zero-order chi connectivity index (χ0) is 21.3. The third kappa shape index (κ3) is 5.98. The van der Waals surface area contributed by atoms with E-state index in [-0.39, 0.29) is 5.91 Å². The van der Waals surface area contributed by atoms with Gasteiger partial charge in [0.05, 0.1) is 6.54 Å². The van der Waals surface area contributed by atoms with Gasteiger partial charge in [-0.05, 0) is 72.0 Å². The predicted octanol–water partition coefficient (Wildman–Crippen LogP) is 5.13. The van der Waals surface area contributed by atoms with Crippen LogP contribution < -0.4 is 10.6 Å². The van der Waals surface area contributed by atoms with E-state index < -0.39 is 5.82 Å². The van der Waals surface area contributed by atoms with E-state index in [1.807, 2.05) is 24.3 Å². The highest BCUT2D eigenvalue weighted by Crippen LogP contribution is 2.20. The van der Waals surface area contributed by atoms with Crippen molar-refractivity contribution in [1.82, 2.24) is 10.3 Å². The van der Waals surface area contributed by atoms with Crippen LogP contribution >= 0.6 is 0 Å². The van der Waals surface area contributed by atoms with Crippen LogP contribution in [0.25, 0.3) is 0 Å². The molecule has 3 aromatic rings. The summed E-state index contributed by atoms with van der Waals surface area (Å²) in [6.07, 6.45) is 4.46. The Bertz CT molecular complexity index is 986. The summed E-state index contributed by atoms with van der Waals surface area (Å²) in [5, 5.41) is 5.96. The largest absolute Gasteiger partial charge is 0.326 e. The molecule has 0 radical (unpaired) electrons. The molecular weight excluding hydrogens is 379 g/mol. The van der Waals surface area contributed by atoms with Crippen molar-refractivity contribution in [3.8, 4) is 0 Å². The van der Waals surface area contributed by atoms with Crippen molar-refractivity contribution >= 4 is 17.6 Å². The van der Waals surface area contributed by atoms with Crippen molar-refractivity contribution in [2.45, 2.75) is 32.7 Å². The van der Waals surface area contributed by atoms with E-state index in [1.165, 1.54) is 29.8 Å². The number of amides is 1. The van der Waals surface area contributed by atoms with Crippen molar-refractivity contribution in [1.29, 1.82) is 0 Å². The van der Waals surface area contributed by atoms with Crippen molar-refractivity contribution in [2.24, 2.45) is 4.99 Å². The van der Waals surface area contributed by atoms with Gasteiger partial charge >= 0.3 is 0 Å². The number of nitrogens with zero attached hydrogens (tertiary/aromatic N) is 2. The van der Waals surface area contributed by atoms with E-state index in [0.717, 1.165) is 17.7 Å². The number of hydrogen-bond acceptors (Lipinski definition) is 3. The van der Waals surface area contributed by atoms with E-state index in [1.54, 1.807) is 12.4 Å². The van der Waals surface area contributed by atoms with Crippen LogP contribution in [-0.2, 0) is 6.54 Å². The highest BCUT2D eigenvalue weighted by Gasteiger charge is 2.10. The van der Waals surface area contributed by atoms with Crippen molar-refractivity contribution in [3.63, 3.8) is 0 Å². The molecule has 1 aromatic heterocycles. The number of aliphatic imine (C=N–C) groups is 1. The maximum absolute atomic E-state index is 13.2. The molecule has 5 nitrogen and oxygen atoms in total. The second-order valence-corrected chi connectivity index (χ2v) is 7.04. The van der Waals surface area contributed by atoms with Gasteiger partial charge < -0.3 is 5.32 Å². The van der Waals surface area contributed by atoms with Crippen LogP contribution in [0.5, 0.6) is 0 Å². The molecule has 30 heavy (non-hydrogen) atoms. The van der Waals surface area contributed by atoms with Gasteiger partial charge in [0.25, 0.3) is 5.91 Å². The Morgan fingerprint density at radius 1 is 1.03 bits per heavy atom. The molecule has 0 saturated heterocycles. The van der Waals surface area contributed by atoms with Crippen LogP contribution in [0.2, 0.25) is 0 Å². The highest BCUT2D eigenvalue weighted by molar-refractivity contribution is 6.09. The second-order valence-electron chi connectivity index (χ2n) is 7.04. The van der Waals surface area contributed by atoms with E-state index >= 15 is 0 Å². The number of aromatic nitrogens is 1. The number of carbonyl (C=O) groups is 1. The minimum atomic E-state index is -0.391. The Labute approximate surface area is 176 Å². The summed E-state index contributed by atoms with van der Waals surface area (Å²) in [7, 11) is 0. The number of pyridine rings is 1. The Hall–Kier alpha value is -3.54. The summed E-state index contributed by atoms with van der Waals surface area (Å²) in [6.45, 7) is 4.72. The smallest absolute Gasteiger partial charge is 0.257 e. The van der Waals surface area contributed by atoms with Gasteiger partial charge in [0.15, 0.2) is 0 Å². The lowest BCUT2D eigenvalue weighted by molar-refractivity contribution is 0.0977. The highest BCUT2D eigenvalue weighted by atomic mass is 19.1. The van der Waals surface area contributed by atoms with Gasteiger partial charge in [0.2, 0.25) is 5.96 Å². The van der Waals surface area contributed by atoms with Gasteiger partial charge in [-0.1, -0.05) is 26.0 Å². The predicted molar refractivity (Wildman–Crippen MR) is 118 cm³/mol. The first kappa shape index (κ1) is 21.2. The maximum Gasteiger partial charge on any atom is 0.257 e. The molecule has 0 spiro atoms. The zero-order valence-corrected chi connectivity index (χ0v) is 17.1. The van der Waals surface area contributed by atoms with Gasteiger partial charge in [0, 0.05) is 23.6 Å². The van der Waals surface area contributed by atoms with Crippen molar-refractivity contribution in [3.05, 3.63) is 95.6 Å². The molecule has 6 heteroatoms. The monoisotopic (exact) mass is 404 g/mol. The van der Waals surface area contributed by atoms with E-state index in [2.05, 4.69) is 46.6 Å². The molecule has 2 N–H and O–H groups in total. The Kier molecular flexibility index (Phi) is 7.27. The number of rotatable bonds is 6. The lowest BCUT2D eigenvalue weighted by Gasteiger charge is -2.14. The lowest BCUT2D eigenvalue weighted by atomic mass is 9.99. The number of carbonyl (C=O) groups excluding carboxylic acids is 1. The molecule has 3 rings (SSSR count). The average Bonchev–Trinajstić information content (AvgIpc) is 2.78. The molecular formula is C24H25FN4O. The van der Waals surface area contributed by atoms with Crippen LogP contribution in [-0.4, -0.2) is 16.9 Å². The molecule has 0 unspecified atom stereocenters. The first-order chi connectivity index (χ1) is 14.5. The molecule has 154 valence electrons. The summed E-state index contributed by atoms with van der Waals surface area (Å²) < 4.78 is 13.2. The maximum atomic E-state index is 13.2. The molecule has 0 fully saturated rings. The van der Waals surface area contributed by atoms with Crippen LogP contribution in [0.4, 0.5) is 10.1 Å². The normalized spacial score (nSPS) is 12.3. The van der Waals surface area contributed by atoms with Gasteiger partial charge in [-0.25, -0.2) is 9.38 Å². The number of halogens is 1. The summed E-state index contributed by atoms with van der Waals surface area (Å²) >= 11 is 0. The third-order valence-corrected chi connectivity index (χ3v) is 4.86. The standard InChI is InChI=1S/C24H25FN4O/c1-3-17(2)19-6-10-22(11-7-19)28-24(27-16-18-12-14-26-15-13-18)29-23(30)20-4-8-21(25)9-5-20/h4-15,17H,3,16H2,1-2H3,(H2,27,28,29,30)/t17-/m0/s1. The van der Waals surface area contributed by atoms with Crippen LogP contribution in [0.15, 0.2) is 78.0 Å². The topological polar surface area (TPSA) is 66.4 Å². The van der Waals surface area contributed by atoms with Crippen LogP contribution in [0.1, 0.15) is 47.7 Å².